The van der Waals surface area contributed by atoms with Gasteiger partial charge in [0.25, 0.3) is 5.69 Å². The molecule has 0 heterocycles. The van der Waals surface area contributed by atoms with Gasteiger partial charge in [0.15, 0.2) is 0 Å². The fourth-order valence-corrected chi connectivity index (χ4v) is 9.66. The zero-order valence-corrected chi connectivity index (χ0v) is 25.1. The first kappa shape index (κ1) is 29.3. The summed E-state index contributed by atoms with van der Waals surface area (Å²) in [6, 6.07) is 5.77. The van der Waals surface area contributed by atoms with Gasteiger partial charge in [-0.15, -0.1) is 0 Å². The SMILES string of the molecule is CC(C)CC[C@@H](OC(=O)c1ccc([N+](=O)[O-])cc1)[C@@H](C)C1CCC2C3CC=C4C[C@@H](O)CC[C@]4(C)C3CC[C@@]21C. The Morgan fingerprint density at radius 1 is 1.05 bits per heavy atom. The van der Waals surface area contributed by atoms with Gasteiger partial charge in [0.2, 0.25) is 0 Å². The molecule has 3 fully saturated rings. The van der Waals surface area contributed by atoms with Gasteiger partial charge in [-0.2, -0.15) is 0 Å². The molecule has 220 valence electrons. The maximum atomic E-state index is 13.2. The molecular weight excluding hydrogens is 502 g/mol. The highest BCUT2D eigenvalue weighted by Crippen LogP contribution is 2.67. The first-order chi connectivity index (χ1) is 18.9. The van der Waals surface area contributed by atoms with Gasteiger partial charge in [-0.1, -0.05) is 46.3 Å². The third-order valence-corrected chi connectivity index (χ3v) is 12.0. The molecule has 4 aliphatic carbocycles. The maximum absolute atomic E-state index is 13.2. The molecule has 3 saturated carbocycles. The normalized spacial score (nSPS) is 36.6. The van der Waals surface area contributed by atoms with Gasteiger partial charge < -0.3 is 9.84 Å². The Hall–Kier alpha value is -2.21. The molecule has 9 atom stereocenters. The number of allylic oxidation sites excluding steroid dienone is 1. The Bertz CT molecular complexity index is 1130. The van der Waals surface area contributed by atoms with Gasteiger partial charge in [-0.05, 0) is 123 Å². The van der Waals surface area contributed by atoms with Gasteiger partial charge in [-0.3, -0.25) is 10.1 Å². The Kier molecular flexibility index (Phi) is 8.22. The molecule has 0 amide bonds. The highest BCUT2D eigenvalue weighted by Gasteiger charge is 2.59. The fraction of sp³-hybridized carbons (Fsp3) is 0.735. The van der Waals surface area contributed by atoms with E-state index in [4.69, 9.17) is 4.74 Å². The van der Waals surface area contributed by atoms with Gasteiger partial charge in [-0.25, -0.2) is 4.79 Å². The molecule has 4 unspecified atom stereocenters. The van der Waals surface area contributed by atoms with E-state index in [1.165, 1.54) is 55.5 Å². The van der Waals surface area contributed by atoms with Crippen LogP contribution in [0.1, 0.15) is 109 Å². The lowest BCUT2D eigenvalue weighted by Gasteiger charge is -2.58. The first-order valence-electron chi connectivity index (χ1n) is 15.8. The number of carbonyl (C=O) groups excluding carboxylic acids is 1. The number of hydrogen-bond donors (Lipinski definition) is 1. The lowest BCUT2D eigenvalue weighted by molar-refractivity contribution is -0.384. The van der Waals surface area contributed by atoms with Crippen molar-refractivity contribution in [3.8, 4) is 0 Å². The molecule has 0 aromatic heterocycles. The van der Waals surface area contributed by atoms with Crippen LogP contribution >= 0.6 is 0 Å². The molecule has 1 aromatic rings. The summed E-state index contributed by atoms with van der Waals surface area (Å²) in [5.74, 6) is 3.01. The van der Waals surface area contributed by atoms with Crippen molar-refractivity contribution in [2.24, 2.45) is 46.3 Å². The van der Waals surface area contributed by atoms with Crippen LogP contribution in [0.2, 0.25) is 0 Å². The highest BCUT2D eigenvalue weighted by atomic mass is 16.6. The second-order valence-electron chi connectivity index (χ2n) is 14.5. The summed E-state index contributed by atoms with van der Waals surface area (Å²) in [4.78, 5) is 23.8. The Morgan fingerprint density at radius 3 is 2.45 bits per heavy atom. The largest absolute Gasteiger partial charge is 0.458 e. The van der Waals surface area contributed by atoms with Crippen LogP contribution < -0.4 is 0 Å². The van der Waals surface area contributed by atoms with Gasteiger partial charge >= 0.3 is 5.97 Å². The molecule has 5 rings (SSSR count). The van der Waals surface area contributed by atoms with Crippen molar-refractivity contribution in [1.29, 1.82) is 0 Å². The van der Waals surface area contributed by atoms with Crippen LogP contribution in [0, 0.1) is 56.5 Å². The molecule has 1 aromatic carbocycles. The van der Waals surface area contributed by atoms with Crippen molar-refractivity contribution in [3.05, 3.63) is 51.6 Å². The fourth-order valence-electron chi connectivity index (χ4n) is 9.66. The number of nitro groups is 1. The smallest absolute Gasteiger partial charge is 0.338 e. The predicted octanol–water partition coefficient (Wildman–Crippen LogP) is 8.13. The van der Waals surface area contributed by atoms with Crippen molar-refractivity contribution in [2.45, 2.75) is 111 Å². The number of non-ortho nitro benzene ring substituents is 1. The summed E-state index contributed by atoms with van der Waals surface area (Å²) >= 11 is 0. The van der Waals surface area contributed by atoms with Crippen LogP contribution in [-0.4, -0.2) is 28.2 Å². The molecule has 0 saturated heterocycles. The standard InChI is InChI=1S/C34H49NO5/c1-21(2)6-15-31(40-32(37)23-7-10-25(11-8-23)35(38)39)22(3)28-13-14-29-27-12-9-24-20-26(36)16-18-33(24,4)30(27)17-19-34(28,29)5/h7-11,21-22,26-31,36H,6,12-20H2,1-5H3/t22-,26-,27?,28?,29?,30?,31+,33-,34+/m0/s1. The van der Waals surface area contributed by atoms with Crippen LogP contribution in [-0.2, 0) is 4.74 Å². The maximum Gasteiger partial charge on any atom is 0.338 e. The molecule has 0 radical (unpaired) electrons. The van der Waals surface area contributed by atoms with E-state index in [2.05, 4.69) is 40.7 Å². The molecule has 0 spiro atoms. The predicted molar refractivity (Wildman–Crippen MR) is 157 cm³/mol. The number of rotatable bonds is 8. The van der Waals surface area contributed by atoms with Crippen LogP contribution in [0.15, 0.2) is 35.9 Å². The number of benzene rings is 1. The monoisotopic (exact) mass is 551 g/mol. The molecule has 6 nitrogen and oxygen atoms in total. The summed E-state index contributed by atoms with van der Waals surface area (Å²) in [7, 11) is 0. The van der Waals surface area contributed by atoms with E-state index in [9.17, 15) is 20.0 Å². The van der Waals surface area contributed by atoms with Crippen molar-refractivity contribution in [1.82, 2.24) is 0 Å². The number of aliphatic hydroxyl groups is 1. The summed E-state index contributed by atoms with van der Waals surface area (Å²) in [5, 5.41) is 21.4. The third-order valence-electron chi connectivity index (χ3n) is 12.0. The number of ether oxygens (including phenoxy) is 1. The van der Waals surface area contributed by atoms with Gasteiger partial charge in [0, 0.05) is 12.1 Å². The second-order valence-corrected chi connectivity index (χ2v) is 14.5. The Labute approximate surface area is 240 Å². The van der Waals surface area contributed by atoms with Crippen LogP contribution in [0.5, 0.6) is 0 Å². The lowest BCUT2D eigenvalue weighted by Crippen LogP contribution is -2.51. The molecule has 0 bridgehead atoms. The molecule has 6 heteroatoms. The number of hydrogen-bond acceptors (Lipinski definition) is 5. The average molecular weight is 552 g/mol. The topological polar surface area (TPSA) is 89.7 Å². The van der Waals surface area contributed by atoms with Crippen molar-refractivity contribution < 1.29 is 19.6 Å². The van der Waals surface area contributed by atoms with Gasteiger partial charge in [0.1, 0.15) is 6.10 Å². The number of carbonyl (C=O) groups is 1. The van der Waals surface area contributed by atoms with E-state index in [1.54, 1.807) is 0 Å². The number of nitrogens with zero attached hydrogens (tertiary/aromatic N) is 1. The quantitative estimate of drug-likeness (QED) is 0.152. The zero-order valence-electron chi connectivity index (χ0n) is 25.1. The minimum absolute atomic E-state index is 0.0234. The van der Waals surface area contributed by atoms with E-state index in [-0.39, 0.29) is 40.6 Å². The summed E-state index contributed by atoms with van der Waals surface area (Å²) in [6.07, 6.45) is 13.0. The third kappa shape index (κ3) is 5.26. The molecule has 1 N–H and O–H groups in total. The minimum atomic E-state index is -0.449. The zero-order chi connectivity index (χ0) is 28.8. The molecule has 4 aliphatic rings. The van der Waals surface area contributed by atoms with E-state index in [1.807, 2.05) is 0 Å². The Balaban J connectivity index is 1.34. The van der Waals surface area contributed by atoms with E-state index in [0.29, 0.717) is 35.2 Å². The van der Waals surface area contributed by atoms with Crippen molar-refractivity contribution in [3.63, 3.8) is 0 Å². The summed E-state index contributed by atoms with van der Waals surface area (Å²) in [6.45, 7) is 11.7. The van der Waals surface area contributed by atoms with Crippen LogP contribution in [0.4, 0.5) is 5.69 Å². The number of aliphatic hydroxyl groups excluding tert-OH is 1. The van der Waals surface area contributed by atoms with Gasteiger partial charge in [0.05, 0.1) is 16.6 Å². The van der Waals surface area contributed by atoms with Crippen molar-refractivity contribution >= 4 is 11.7 Å². The molecular formula is C34H49NO5. The molecule has 0 aliphatic heterocycles. The molecule has 40 heavy (non-hydrogen) atoms. The number of esters is 1. The van der Waals surface area contributed by atoms with Crippen LogP contribution in [0.25, 0.3) is 0 Å². The van der Waals surface area contributed by atoms with E-state index >= 15 is 0 Å². The first-order valence-corrected chi connectivity index (χ1v) is 15.8. The Morgan fingerprint density at radius 2 is 1.77 bits per heavy atom. The lowest BCUT2D eigenvalue weighted by atomic mass is 9.47. The van der Waals surface area contributed by atoms with Crippen molar-refractivity contribution in [2.75, 3.05) is 0 Å². The van der Waals surface area contributed by atoms with E-state index in [0.717, 1.165) is 38.5 Å². The summed E-state index contributed by atoms with van der Waals surface area (Å²) in [5.41, 5.74) is 2.36. The average Bonchev–Trinajstić information content (AvgIpc) is 3.28. The number of nitro benzene ring substituents is 1. The minimum Gasteiger partial charge on any atom is -0.458 e. The van der Waals surface area contributed by atoms with E-state index < -0.39 is 4.92 Å². The highest BCUT2D eigenvalue weighted by molar-refractivity contribution is 5.89. The second kappa shape index (κ2) is 11.2. The summed E-state index contributed by atoms with van der Waals surface area (Å²) < 4.78 is 6.25. The number of fused-ring (bicyclic) bond motifs is 5. The van der Waals surface area contributed by atoms with Crippen LogP contribution in [0.3, 0.4) is 0 Å².